The first kappa shape index (κ1) is 12.8. The van der Waals surface area contributed by atoms with Gasteiger partial charge in [0.25, 0.3) is 0 Å². The zero-order valence-electron chi connectivity index (χ0n) is 9.70. The Kier molecular flexibility index (Phi) is 3.47. The van der Waals surface area contributed by atoms with E-state index in [0.29, 0.717) is 12.1 Å². The number of hydrogen-bond acceptors (Lipinski definition) is 3. The van der Waals surface area contributed by atoms with E-state index in [1.165, 1.54) is 0 Å². The molecule has 1 heterocycles. The lowest BCUT2D eigenvalue weighted by molar-refractivity contribution is -0.128. The predicted molar refractivity (Wildman–Crippen MR) is 69.2 cm³/mol. The van der Waals surface area contributed by atoms with Crippen LogP contribution in [0.5, 0.6) is 0 Å². The minimum Gasteiger partial charge on any atom is -0.277 e. The van der Waals surface area contributed by atoms with Gasteiger partial charge < -0.3 is 0 Å². The minimum atomic E-state index is -0.687. The summed E-state index contributed by atoms with van der Waals surface area (Å²) in [6, 6.07) is 4.61. The highest BCUT2D eigenvalue weighted by atomic mass is 79.9. The maximum atomic E-state index is 11.8. The van der Waals surface area contributed by atoms with E-state index in [4.69, 9.17) is 0 Å². The van der Waals surface area contributed by atoms with Crippen LogP contribution < -0.4 is 10.2 Å². The van der Waals surface area contributed by atoms with E-state index >= 15 is 0 Å². The van der Waals surface area contributed by atoms with Crippen molar-refractivity contribution in [2.24, 2.45) is 0 Å². The van der Waals surface area contributed by atoms with E-state index in [0.717, 1.165) is 14.9 Å². The fraction of sp³-hybridized carbons (Fsp3) is 0.250. The number of benzene rings is 1. The smallest absolute Gasteiger partial charge is 0.277 e. The number of aryl methyl sites for hydroxylation is 1. The molecule has 0 unspecified atom stereocenters. The van der Waals surface area contributed by atoms with Crippen LogP contribution in [-0.2, 0) is 16.0 Å². The third-order valence-electron chi connectivity index (χ3n) is 2.67. The highest BCUT2D eigenvalue weighted by molar-refractivity contribution is 9.10. The van der Waals surface area contributed by atoms with Crippen molar-refractivity contribution in [3.8, 4) is 0 Å². The van der Waals surface area contributed by atoms with Gasteiger partial charge in [0.1, 0.15) is 6.42 Å². The summed E-state index contributed by atoms with van der Waals surface area (Å²) in [5, 5.41) is 2.14. The van der Waals surface area contributed by atoms with Gasteiger partial charge >= 0.3 is 6.03 Å². The summed E-state index contributed by atoms with van der Waals surface area (Å²) in [6.07, 6.45) is 0.380. The molecule has 1 saturated heterocycles. The second-order valence-corrected chi connectivity index (χ2v) is 4.80. The Labute approximate surface area is 112 Å². The van der Waals surface area contributed by atoms with Gasteiger partial charge in [0.2, 0.25) is 11.8 Å². The Bertz CT molecular complexity index is 522. The van der Waals surface area contributed by atoms with Crippen molar-refractivity contribution in [2.45, 2.75) is 19.8 Å². The van der Waals surface area contributed by atoms with Crippen LogP contribution in [-0.4, -0.2) is 17.8 Å². The van der Waals surface area contributed by atoms with Crippen molar-refractivity contribution in [3.63, 3.8) is 0 Å². The maximum absolute atomic E-state index is 11.8. The molecule has 1 N–H and O–H groups in total. The van der Waals surface area contributed by atoms with Crippen LogP contribution in [0.25, 0.3) is 0 Å². The first-order chi connectivity index (χ1) is 8.52. The van der Waals surface area contributed by atoms with Crippen LogP contribution in [0, 0.1) is 0 Å². The van der Waals surface area contributed by atoms with Crippen molar-refractivity contribution < 1.29 is 14.4 Å². The molecule has 1 aliphatic rings. The predicted octanol–water partition coefficient (Wildman–Crippen LogP) is 1.98. The summed E-state index contributed by atoms with van der Waals surface area (Å²) in [5.74, 6) is -1.06. The summed E-state index contributed by atoms with van der Waals surface area (Å²) >= 11 is 3.34. The molecule has 94 valence electrons. The van der Waals surface area contributed by atoms with Crippen LogP contribution in [0.15, 0.2) is 22.7 Å². The number of halogens is 1. The zero-order chi connectivity index (χ0) is 13.3. The largest absolute Gasteiger partial charge is 0.335 e. The summed E-state index contributed by atoms with van der Waals surface area (Å²) in [6.45, 7) is 1.93. The molecule has 0 radical (unpaired) electrons. The third-order valence-corrected chi connectivity index (χ3v) is 3.17. The van der Waals surface area contributed by atoms with Gasteiger partial charge in [0.05, 0.1) is 5.69 Å². The molecule has 0 bridgehead atoms. The number of hydrogen-bond donors (Lipinski definition) is 1. The Hall–Kier alpha value is -1.69. The van der Waals surface area contributed by atoms with E-state index < -0.39 is 17.8 Å². The van der Waals surface area contributed by atoms with Crippen LogP contribution in [0.3, 0.4) is 0 Å². The Morgan fingerprint density at radius 1 is 1.33 bits per heavy atom. The number of barbiturate groups is 1. The topological polar surface area (TPSA) is 66.5 Å². The quantitative estimate of drug-likeness (QED) is 0.849. The van der Waals surface area contributed by atoms with Crippen molar-refractivity contribution in [1.29, 1.82) is 0 Å². The molecule has 4 amide bonds. The SMILES string of the molecule is CCc1cc(Br)ccc1N1C(=O)CC(=O)NC1=O. The lowest BCUT2D eigenvalue weighted by Gasteiger charge is -2.26. The number of carbonyl (C=O) groups is 3. The lowest BCUT2D eigenvalue weighted by atomic mass is 10.1. The molecule has 0 atom stereocenters. The molecular formula is C12H11BrN2O3. The van der Waals surface area contributed by atoms with Gasteiger partial charge in [0, 0.05) is 4.47 Å². The highest BCUT2D eigenvalue weighted by Gasteiger charge is 2.32. The van der Waals surface area contributed by atoms with Gasteiger partial charge in [-0.2, -0.15) is 0 Å². The third kappa shape index (κ3) is 2.28. The lowest BCUT2D eigenvalue weighted by Crippen LogP contribution is -2.53. The Morgan fingerprint density at radius 2 is 2.06 bits per heavy atom. The number of carbonyl (C=O) groups excluding carboxylic acids is 3. The van der Waals surface area contributed by atoms with Crippen molar-refractivity contribution >= 4 is 39.5 Å². The van der Waals surface area contributed by atoms with E-state index in [9.17, 15) is 14.4 Å². The minimum absolute atomic E-state index is 0.301. The molecule has 0 saturated carbocycles. The Balaban J connectivity index is 2.44. The molecular weight excluding hydrogens is 300 g/mol. The number of imide groups is 2. The summed E-state index contributed by atoms with van der Waals surface area (Å²) in [4.78, 5) is 35.6. The maximum Gasteiger partial charge on any atom is 0.335 e. The fourth-order valence-electron chi connectivity index (χ4n) is 1.85. The molecule has 0 spiro atoms. The van der Waals surface area contributed by atoms with Gasteiger partial charge in [-0.25, -0.2) is 9.69 Å². The van der Waals surface area contributed by atoms with Crippen molar-refractivity contribution in [1.82, 2.24) is 5.32 Å². The highest BCUT2D eigenvalue weighted by Crippen LogP contribution is 2.26. The summed E-state index contributed by atoms with van der Waals surface area (Å²) in [5.41, 5.74) is 1.39. The molecule has 1 aromatic carbocycles. The second kappa shape index (κ2) is 4.89. The van der Waals surface area contributed by atoms with E-state index in [1.54, 1.807) is 12.1 Å². The number of nitrogens with zero attached hydrogens (tertiary/aromatic N) is 1. The number of nitrogens with one attached hydrogen (secondary N) is 1. The van der Waals surface area contributed by atoms with Crippen LogP contribution >= 0.6 is 15.9 Å². The number of anilines is 1. The number of urea groups is 1. The van der Waals surface area contributed by atoms with Crippen LogP contribution in [0.4, 0.5) is 10.5 Å². The molecule has 1 aliphatic heterocycles. The molecule has 6 heteroatoms. The normalized spacial score (nSPS) is 15.9. The van der Waals surface area contributed by atoms with Crippen LogP contribution in [0.2, 0.25) is 0 Å². The molecule has 1 aromatic rings. The van der Waals surface area contributed by atoms with Gasteiger partial charge in [-0.15, -0.1) is 0 Å². The molecule has 18 heavy (non-hydrogen) atoms. The van der Waals surface area contributed by atoms with Crippen LogP contribution in [0.1, 0.15) is 18.9 Å². The molecule has 5 nitrogen and oxygen atoms in total. The van der Waals surface area contributed by atoms with Gasteiger partial charge in [-0.1, -0.05) is 22.9 Å². The average Bonchev–Trinajstić information content (AvgIpc) is 2.29. The summed E-state index contributed by atoms with van der Waals surface area (Å²) in [7, 11) is 0. The number of rotatable bonds is 2. The number of amides is 4. The fourth-order valence-corrected chi connectivity index (χ4v) is 2.26. The average molecular weight is 311 g/mol. The summed E-state index contributed by atoms with van der Waals surface area (Å²) < 4.78 is 0.879. The van der Waals surface area contributed by atoms with Gasteiger partial charge in [-0.3, -0.25) is 14.9 Å². The second-order valence-electron chi connectivity index (χ2n) is 3.89. The first-order valence-corrected chi connectivity index (χ1v) is 6.27. The molecule has 2 rings (SSSR count). The standard InChI is InChI=1S/C12H11BrN2O3/c1-2-7-5-8(13)3-4-9(7)15-11(17)6-10(16)14-12(15)18/h3-5H,2,6H2,1H3,(H,14,16,18). The van der Waals surface area contributed by atoms with Gasteiger partial charge in [0.15, 0.2) is 0 Å². The van der Waals surface area contributed by atoms with Gasteiger partial charge in [-0.05, 0) is 30.2 Å². The van der Waals surface area contributed by atoms with Crippen molar-refractivity contribution in [2.75, 3.05) is 4.90 Å². The van der Waals surface area contributed by atoms with E-state index in [2.05, 4.69) is 21.2 Å². The molecule has 0 aliphatic carbocycles. The molecule has 1 fully saturated rings. The van der Waals surface area contributed by atoms with E-state index in [1.807, 2.05) is 13.0 Å². The first-order valence-electron chi connectivity index (χ1n) is 5.48. The van der Waals surface area contributed by atoms with Crippen molar-refractivity contribution in [3.05, 3.63) is 28.2 Å². The Morgan fingerprint density at radius 3 is 2.67 bits per heavy atom. The zero-order valence-corrected chi connectivity index (χ0v) is 11.3. The monoisotopic (exact) mass is 310 g/mol. The van der Waals surface area contributed by atoms with E-state index in [-0.39, 0.29) is 6.42 Å². The molecule has 0 aromatic heterocycles.